The quantitative estimate of drug-likeness (QED) is 0.800. The molecule has 1 aromatic rings. The van der Waals surface area contributed by atoms with E-state index in [1.165, 1.54) is 6.07 Å². The Labute approximate surface area is 91.0 Å². The van der Waals surface area contributed by atoms with Crippen molar-refractivity contribution < 1.29 is 13.9 Å². The summed E-state index contributed by atoms with van der Waals surface area (Å²) < 4.78 is 18.8. The van der Waals surface area contributed by atoms with Crippen LogP contribution in [0.25, 0.3) is 0 Å². The number of rotatable bonds is 1. The van der Waals surface area contributed by atoms with Crippen molar-refractivity contribution in [3.8, 4) is 5.75 Å². The third-order valence-corrected chi connectivity index (χ3v) is 2.61. The minimum Gasteiger partial charge on any atom is -0.492 e. The Balaban J connectivity index is 2.68. The van der Waals surface area contributed by atoms with Crippen LogP contribution in [-0.4, -0.2) is 12.5 Å². The molecule has 0 saturated heterocycles. The van der Waals surface area contributed by atoms with Crippen LogP contribution in [0.5, 0.6) is 5.75 Å². The van der Waals surface area contributed by atoms with Gasteiger partial charge in [0.1, 0.15) is 11.3 Å². The summed E-state index contributed by atoms with van der Waals surface area (Å²) in [7, 11) is 0. The number of hydrogen-bond donors (Lipinski definition) is 1. The van der Waals surface area contributed by atoms with Crippen LogP contribution in [0.1, 0.15) is 22.3 Å². The zero-order chi connectivity index (χ0) is 11.0. The van der Waals surface area contributed by atoms with Crippen molar-refractivity contribution in [2.45, 2.75) is 12.8 Å². The SMILES string of the molecule is NC(=O)c1c(F)c(Cl)cc2c1OCCC2. The van der Waals surface area contributed by atoms with Crippen molar-refractivity contribution >= 4 is 17.5 Å². The third kappa shape index (κ3) is 1.65. The van der Waals surface area contributed by atoms with Crippen LogP contribution in [0.3, 0.4) is 0 Å². The molecular formula is C10H9ClFNO2. The second-order valence-corrected chi connectivity index (χ2v) is 3.76. The van der Waals surface area contributed by atoms with Crippen LogP contribution in [0.4, 0.5) is 4.39 Å². The average molecular weight is 230 g/mol. The monoisotopic (exact) mass is 229 g/mol. The van der Waals surface area contributed by atoms with Gasteiger partial charge in [0, 0.05) is 0 Å². The van der Waals surface area contributed by atoms with Gasteiger partial charge in [-0.25, -0.2) is 4.39 Å². The number of halogens is 2. The summed E-state index contributed by atoms with van der Waals surface area (Å²) in [4.78, 5) is 11.1. The normalized spacial score (nSPS) is 14.3. The fraction of sp³-hybridized carbons (Fsp3) is 0.300. The molecule has 0 saturated carbocycles. The second kappa shape index (κ2) is 3.70. The Kier molecular flexibility index (Phi) is 2.52. The van der Waals surface area contributed by atoms with Crippen molar-refractivity contribution in [2.75, 3.05) is 6.61 Å². The number of carbonyl (C=O) groups is 1. The van der Waals surface area contributed by atoms with Crippen LogP contribution in [0, 0.1) is 5.82 Å². The lowest BCUT2D eigenvalue weighted by atomic mass is 10.0. The lowest BCUT2D eigenvalue weighted by Crippen LogP contribution is -2.19. The molecule has 0 radical (unpaired) electrons. The molecule has 0 fully saturated rings. The van der Waals surface area contributed by atoms with Crippen LogP contribution in [0.15, 0.2) is 6.07 Å². The second-order valence-electron chi connectivity index (χ2n) is 3.35. The van der Waals surface area contributed by atoms with Crippen molar-refractivity contribution in [3.63, 3.8) is 0 Å². The lowest BCUT2D eigenvalue weighted by molar-refractivity contribution is 0.0991. The molecule has 0 aliphatic carbocycles. The van der Waals surface area contributed by atoms with Gasteiger partial charge in [-0.05, 0) is 24.5 Å². The van der Waals surface area contributed by atoms with Gasteiger partial charge in [0.25, 0.3) is 5.91 Å². The molecule has 0 spiro atoms. The Bertz CT molecular complexity index is 434. The van der Waals surface area contributed by atoms with E-state index < -0.39 is 11.7 Å². The smallest absolute Gasteiger partial charge is 0.255 e. The zero-order valence-corrected chi connectivity index (χ0v) is 8.60. The molecule has 15 heavy (non-hydrogen) atoms. The van der Waals surface area contributed by atoms with Gasteiger partial charge in [0.15, 0.2) is 5.82 Å². The maximum atomic E-state index is 13.5. The average Bonchev–Trinajstić information content (AvgIpc) is 2.19. The minimum atomic E-state index is -0.854. The fourth-order valence-corrected chi connectivity index (χ4v) is 1.90. The Morgan fingerprint density at radius 2 is 2.33 bits per heavy atom. The van der Waals surface area contributed by atoms with E-state index in [4.69, 9.17) is 22.1 Å². The van der Waals surface area contributed by atoms with Gasteiger partial charge in [-0.3, -0.25) is 4.79 Å². The van der Waals surface area contributed by atoms with Crippen LogP contribution in [0.2, 0.25) is 5.02 Å². The number of primary amides is 1. The van der Waals surface area contributed by atoms with Crippen molar-refractivity contribution in [3.05, 3.63) is 28.0 Å². The summed E-state index contributed by atoms with van der Waals surface area (Å²) in [5.41, 5.74) is 5.59. The first-order valence-electron chi connectivity index (χ1n) is 4.54. The van der Waals surface area contributed by atoms with E-state index in [2.05, 4.69) is 0 Å². The molecule has 5 heteroatoms. The molecule has 2 rings (SSSR count). The fourth-order valence-electron chi connectivity index (χ4n) is 1.67. The van der Waals surface area contributed by atoms with Crippen LogP contribution in [-0.2, 0) is 6.42 Å². The topological polar surface area (TPSA) is 52.3 Å². The largest absolute Gasteiger partial charge is 0.492 e. The molecule has 1 amide bonds. The van der Waals surface area contributed by atoms with Gasteiger partial charge in [-0.15, -0.1) is 0 Å². The number of benzene rings is 1. The zero-order valence-electron chi connectivity index (χ0n) is 7.85. The molecule has 80 valence electrons. The van der Waals surface area contributed by atoms with E-state index in [-0.39, 0.29) is 16.3 Å². The summed E-state index contributed by atoms with van der Waals surface area (Å²) >= 11 is 5.66. The number of aryl methyl sites for hydroxylation is 1. The van der Waals surface area contributed by atoms with E-state index in [1.54, 1.807) is 0 Å². The Morgan fingerprint density at radius 3 is 3.00 bits per heavy atom. The Morgan fingerprint density at radius 1 is 1.60 bits per heavy atom. The number of amides is 1. The number of nitrogens with two attached hydrogens (primary N) is 1. The molecule has 1 aliphatic heterocycles. The molecule has 0 aromatic heterocycles. The van der Waals surface area contributed by atoms with Crippen molar-refractivity contribution in [2.24, 2.45) is 5.73 Å². The maximum absolute atomic E-state index is 13.5. The summed E-state index contributed by atoms with van der Waals surface area (Å²) in [6, 6.07) is 1.48. The van der Waals surface area contributed by atoms with E-state index in [0.29, 0.717) is 6.61 Å². The van der Waals surface area contributed by atoms with Crippen molar-refractivity contribution in [1.29, 1.82) is 0 Å². The lowest BCUT2D eigenvalue weighted by Gasteiger charge is -2.20. The molecule has 1 aromatic carbocycles. The maximum Gasteiger partial charge on any atom is 0.255 e. The predicted octanol–water partition coefficient (Wildman–Crippen LogP) is 1.90. The van der Waals surface area contributed by atoms with Gasteiger partial charge in [0.05, 0.1) is 11.6 Å². The van der Waals surface area contributed by atoms with Crippen molar-refractivity contribution in [1.82, 2.24) is 0 Å². The summed E-state index contributed by atoms with van der Waals surface area (Å²) in [5.74, 6) is -1.41. The summed E-state index contributed by atoms with van der Waals surface area (Å²) in [5, 5.41) is -0.0898. The van der Waals surface area contributed by atoms with E-state index in [1.807, 2.05) is 0 Å². The van der Waals surface area contributed by atoms with Gasteiger partial charge in [-0.2, -0.15) is 0 Å². The molecule has 1 aliphatic rings. The first-order valence-corrected chi connectivity index (χ1v) is 4.92. The highest BCUT2D eigenvalue weighted by Crippen LogP contribution is 2.34. The van der Waals surface area contributed by atoms with Gasteiger partial charge in [-0.1, -0.05) is 11.6 Å². The predicted molar refractivity (Wildman–Crippen MR) is 53.7 cm³/mol. The van der Waals surface area contributed by atoms with Gasteiger partial charge < -0.3 is 10.5 Å². The van der Waals surface area contributed by atoms with Crippen LogP contribution < -0.4 is 10.5 Å². The standard InChI is InChI=1S/C10H9ClFNO2/c11-6-4-5-2-1-3-15-9(5)7(8(6)12)10(13)14/h4H,1-3H2,(H2,13,14). The minimum absolute atomic E-state index is 0.0898. The van der Waals surface area contributed by atoms with E-state index in [9.17, 15) is 9.18 Å². The van der Waals surface area contributed by atoms with E-state index >= 15 is 0 Å². The number of fused-ring (bicyclic) bond motifs is 1. The highest BCUT2D eigenvalue weighted by Gasteiger charge is 2.24. The Hall–Kier alpha value is -1.29. The molecule has 0 unspecified atom stereocenters. The third-order valence-electron chi connectivity index (χ3n) is 2.33. The molecular weight excluding hydrogens is 221 g/mol. The van der Waals surface area contributed by atoms with E-state index in [0.717, 1.165) is 18.4 Å². The number of carbonyl (C=O) groups excluding carboxylic acids is 1. The molecule has 0 bridgehead atoms. The molecule has 0 atom stereocenters. The number of ether oxygens (including phenoxy) is 1. The molecule has 1 heterocycles. The van der Waals surface area contributed by atoms with Gasteiger partial charge in [0.2, 0.25) is 0 Å². The number of hydrogen-bond acceptors (Lipinski definition) is 2. The first kappa shape index (κ1) is 10.2. The molecule has 3 nitrogen and oxygen atoms in total. The molecule has 2 N–H and O–H groups in total. The highest BCUT2D eigenvalue weighted by atomic mass is 35.5. The summed E-state index contributed by atoms with van der Waals surface area (Å²) in [6.07, 6.45) is 1.54. The highest BCUT2D eigenvalue weighted by molar-refractivity contribution is 6.31. The summed E-state index contributed by atoms with van der Waals surface area (Å²) in [6.45, 7) is 0.467. The first-order chi connectivity index (χ1) is 7.11. The van der Waals surface area contributed by atoms with Crippen LogP contribution >= 0.6 is 11.6 Å². The van der Waals surface area contributed by atoms with Gasteiger partial charge >= 0.3 is 0 Å².